The molecule has 0 bridgehead atoms. The second-order valence-corrected chi connectivity index (χ2v) is 5.56. The van der Waals surface area contributed by atoms with E-state index in [4.69, 9.17) is 9.15 Å². The number of furan rings is 1. The minimum absolute atomic E-state index is 0.155. The van der Waals surface area contributed by atoms with Gasteiger partial charge < -0.3 is 19.4 Å². The highest BCUT2D eigenvalue weighted by molar-refractivity contribution is 5.89. The molecule has 1 aromatic carbocycles. The van der Waals surface area contributed by atoms with Crippen molar-refractivity contribution in [2.75, 3.05) is 25.5 Å². The normalized spacial score (nSPS) is 15.5. The Morgan fingerprint density at radius 2 is 2.13 bits per heavy atom. The summed E-state index contributed by atoms with van der Waals surface area (Å²) in [5.41, 5.74) is 0.418. The molecule has 1 aliphatic rings. The zero-order chi connectivity index (χ0) is 16.2. The second-order valence-electron chi connectivity index (χ2n) is 5.56. The van der Waals surface area contributed by atoms with Gasteiger partial charge >= 0.3 is 6.03 Å². The standard InChI is InChI=1S/C17H19FN2O3/c1-22-16-5-4-13(11-14(16)18)19-17(21)20-8-6-12(7-9-20)15-3-2-10-23-15/h2-5,10-12H,6-9H2,1H3,(H,19,21). The lowest BCUT2D eigenvalue weighted by Crippen LogP contribution is -2.40. The number of benzene rings is 1. The molecule has 2 heterocycles. The molecule has 23 heavy (non-hydrogen) atoms. The number of carbonyl (C=O) groups is 1. The molecule has 1 saturated heterocycles. The van der Waals surface area contributed by atoms with E-state index in [1.165, 1.54) is 19.2 Å². The number of urea groups is 1. The highest BCUT2D eigenvalue weighted by Crippen LogP contribution is 2.28. The number of piperidine rings is 1. The zero-order valence-corrected chi connectivity index (χ0v) is 12.9. The number of carbonyl (C=O) groups excluding carboxylic acids is 1. The number of nitrogens with one attached hydrogen (secondary N) is 1. The molecule has 0 radical (unpaired) electrons. The van der Waals surface area contributed by atoms with Gasteiger partial charge in [0.15, 0.2) is 11.6 Å². The summed E-state index contributed by atoms with van der Waals surface area (Å²) >= 11 is 0. The largest absolute Gasteiger partial charge is 0.494 e. The maximum absolute atomic E-state index is 13.7. The van der Waals surface area contributed by atoms with Crippen LogP contribution < -0.4 is 10.1 Å². The molecule has 5 nitrogen and oxygen atoms in total. The number of likely N-dealkylation sites (tertiary alicyclic amines) is 1. The maximum Gasteiger partial charge on any atom is 0.321 e. The van der Waals surface area contributed by atoms with Crippen LogP contribution in [0.5, 0.6) is 5.75 Å². The first-order chi connectivity index (χ1) is 11.2. The lowest BCUT2D eigenvalue weighted by molar-refractivity contribution is 0.191. The molecule has 2 aromatic rings. The summed E-state index contributed by atoms with van der Waals surface area (Å²) in [6.07, 6.45) is 3.39. The first-order valence-electron chi connectivity index (χ1n) is 7.60. The molecule has 0 saturated carbocycles. The van der Waals surface area contributed by atoms with Crippen molar-refractivity contribution in [3.63, 3.8) is 0 Å². The zero-order valence-electron chi connectivity index (χ0n) is 12.9. The number of hydrogen-bond acceptors (Lipinski definition) is 3. The molecule has 3 rings (SSSR count). The molecular weight excluding hydrogens is 299 g/mol. The fourth-order valence-corrected chi connectivity index (χ4v) is 2.84. The van der Waals surface area contributed by atoms with Crippen molar-refractivity contribution in [3.8, 4) is 5.75 Å². The van der Waals surface area contributed by atoms with Gasteiger partial charge in [-0.15, -0.1) is 0 Å². The fraction of sp³-hybridized carbons (Fsp3) is 0.353. The minimum Gasteiger partial charge on any atom is -0.494 e. The number of hydrogen-bond donors (Lipinski definition) is 1. The van der Waals surface area contributed by atoms with Crippen LogP contribution in [-0.2, 0) is 0 Å². The highest BCUT2D eigenvalue weighted by atomic mass is 19.1. The van der Waals surface area contributed by atoms with Crippen LogP contribution in [0.3, 0.4) is 0 Å². The van der Waals surface area contributed by atoms with Gasteiger partial charge in [0.25, 0.3) is 0 Å². The summed E-state index contributed by atoms with van der Waals surface area (Å²) in [6.45, 7) is 1.30. The smallest absolute Gasteiger partial charge is 0.321 e. The third-order valence-corrected chi connectivity index (χ3v) is 4.13. The molecule has 0 atom stereocenters. The van der Waals surface area contributed by atoms with E-state index in [2.05, 4.69) is 5.32 Å². The molecule has 1 aromatic heterocycles. The second kappa shape index (κ2) is 6.73. The molecular formula is C17H19FN2O3. The molecule has 6 heteroatoms. The van der Waals surface area contributed by atoms with E-state index in [-0.39, 0.29) is 11.8 Å². The monoisotopic (exact) mass is 318 g/mol. The molecule has 0 spiro atoms. The molecule has 0 aliphatic carbocycles. The Kier molecular flexibility index (Phi) is 4.50. The van der Waals surface area contributed by atoms with E-state index >= 15 is 0 Å². The van der Waals surface area contributed by atoms with E-state index in [9.17, 15) is 9.18 Å². The third-order valence-electron chi connectivity index (χ3n) is 4.13. The summed E-state index contributed by atoms with van der Waals surface area (Å²) < 4.78 is 23.9. The number of amides is 2. The average Bonchev–Trinajstić information content (AvgIpc) is 3.09. The van der Waals surface area contributed by atoms with Crippen LogP contribution in [0.2, 0.25) is 0 Å². The van der Waals surface area contributed by atoms with Crippen molar-refractivity contribution < 1.29 is 18.3 Å². The third kappa shape index (κ3) is 3.47. The number of halogens is 1. The number of rotatable bonds is 3. The summed E-state index contributed by atoms with van der Waals surface area (Å²) in [4.78, 5) is 14.0. The lowest BCUT2D eigenvalue weighted by atomic mass is 9.94. The molecule has 2 amide bonds. The fourth-order valence-electron chi connectivity index (χ4n) is 2.84. The molecule has 1 N–H and O–H groups in total. The number of anilines is 1. The van der Waals surface area contributed by atoms with Gasteiger partial charge in [-0.1, -0.05) is 0 Å². The molecule has 0 unspecified atom stereocenters. The van der Waals surface area contributed by atoms with Gasteiger partial charge in [-0.25, -0.2) is 9.18 Å². The summed E-state index contributed by atoms with van der Waals surface area (Å²) in [7, 11) is 1.40. The van der Waals surface area contributed by atoms with Gasteiger partial charge in [-0.05, 0) is 37.1 Å². The van der Waals surface area contributed by atoms with Crippen LogP contribution in [-0.4, -0.2) is 31.1 Å². The Balaban J connectivity index is 1.56. The predicted octanol–water partition coefficient (Wildman–Crippen LogP) is 3.84. The number of methoxy groups -OCH3 is 1. The molecule has 1 fully saturated rings. The topological polar surface area (TPSA) is 54.7 Å². The Hall–Kier alpha value is -2.50. The summed E-state index contributed by atoms with van der Waals surface area (Å²) in [5, 5.41) is 2.72. The SMILES string of the molecule is COc1ccc(NC(=O)N2CCC(c3ccco3)CC2)cc1F. The Labute approximate surface area is 134 Å². The van der Waals surface area contributed by atoms with Crippen molar-refractivity contribution in [2.24, 2.45) is 0 Å². The van der Waals surface area contributed by atoms with Gasteiger partial charge in [-0.3, -0.25) is 0 Å². The number of nitrogens with zero attached hydrogens (tertiary/aromatic N) is 1. The maximum atomic E-state index is 13.7. The molecule has 122 valence electrons. The van der Waals surface area contributed by atoms with Gasteiger partial charge in [0.05, 0.1) is 13.4 Å². The van der Waals surface area contributed by atoms with Crippen molar-refractivity contribution in [2.45, 2.75) is 18.8 Å². The average molecular weight is 318 g/mol. The highest BCUT2D eigenvalue weighted by Gasteiger charge is 2.25. The van der Waals surface area contributed by atoms with Gasteiger partial charge in [0, 0.05) is 30.8 Å². The van der Waals surface area contributed by atoms with Crippen LogP contribution in [0.15, 0.2) is 41.0 Å². The first kappa shape index (κ1) is 15.4. The Morgan fingerprint density at radius 1 is 1.35 bits per heavy atom. The number of ether oxygens (including phenoxy) is 1. The van der Waals surface area contributed by atoms with Crippen LogP contribution in [0, 0.1) is 5.82 Å². The quantitative estimate of drug-likeness (QED) is 0.935. The van der Waals surface area contributed by atoms with Crippen molar-refractivity contribution in [1.29, 1.82) is 0 Å². The van der Waals surface area contributed by atoms with E-state index in [0.29, 0.717) is 24.7 Å². The Morgan fingerprint density at radius 3 is 2.74 bits per heavy atom. The van der Waals surface area contributed by atoms with Crippen LogP contribution in [0.4, 0.5) is 14.9 Å². The summed E-state index contributed by atoms with van der Waals surface area (Å²) in [5.74, 6) is 0.985. The van der Waals surface area contributed by atoms with Crippen molar-refractivity contribution in [3.05, 3.63) is 48.2 Å². The van der Waals surface area contributed by atoms with Crippen LogP contribution in [0.1, 0.15) is 24.5 Å². The Bertz CT molecular complexity index is 664. The minimum atomic E-state index is -0.498. The van der Waals surface area contributed by atoms with Gasteiger partial charge in [0.2, 0.25) is 0 Å². The van der Waals surface area contributed by atoms with E-state index < -0.39 is 5.82 Å². The van der Waals surface area contributed by atoms with E-state index in [0.717, 1.165) is 18.6 Å². The van der Waals surface area contributed by atoms with Crippen LogP contribution in [0.25, 0.3) is 0 Å². The van der Waals surface area contributed by atoms with Crippen molar-refractivity contribution >= 4 is 11.7 Å². The van der Waals surface area contributed by atoms with Gasteiger partial charge in [-0.2, -0.15) is 0 Å². The summed E-state index contributed by atoms with van der Waals surface area (Å²) in [6, 6.07) is 8.01. The predicted molar refractivity (Wildman–Crippen MR) is 84.2 cm³/mol. The van der Waals surface area contributed by atoms with Gasteiger partial charge in [0.1, 0.15) is 5.76 Å². The van der Waals surface area contributed by atoms with Crippen molar-refractivity contribution in [1.82, 2.24) is 4.90 Å². The van der Waals surface area contributed by atoms with E-state index in [1.807, 2.05) is 12.1 Å². The van der Waals surface area contributed by atoms with E-state index in [1.54, 1.807) is 17.2 Å². The first-order valence-corrected chi connectivity index (χ1v) is 7.60. The van der Waals surface area contributed by atoms with Crippen LogP contribution >= 0.6 is 0 Å². The molecule has 1 aliphatic heterocycles. The lowest BCUT2D eigenvalue weighted by Gasteiger charge is -2.31.